The Morgan fingerprint density at radius 3 is 2.47 bits per heavy atom. The number of halogens is 1. The lowest BCUT2D eigenvalue weighted by molar-refractivity contribution is -0.140. The van der Waals surface area contributed by atoms with E-state index in [4.69, 9.17) is 21.1 Å². The van der Waals surface area contributed by atoms with E-state index >= 15 is 0 Å². The summed E-state index contributed by atoms with van der Waals surface area (Å²) in [5.74, 6) is -0.0995. The van der Waals surface area contributed by atoms with E-state index in [1.807, 2.05) is 32.0 Å². The van der Waals surface area contributed by atoms with E-state index in [-0.39, 0.29) is 12.3 Å². The molecule has 0 fully saturated rings. The normalized spacial score (nSPS) is 10.7. The first kappa shape index (κ1) is 16.0. The Bertz CT molecular complexity index is 392. The van der Waals surface area contributed by atoms with Crippen LogP contribution < -0.4 is 5.32 Å². The van der Waals surface area contributed by atoms with Gasteiger partial charge in [0.25, 0.3) is 0 Å². The van der Waals surface area contributed by atoms with Gasteiger partial charge in [-0.15, -0.1) is 0 Å². The molecule has 0 unspecified atom stereocenters. The first-order valence-electron chi connectivity index (χ1n) is 6.40. The highest BCUT2D eigenvalue weighted by molar-refractivity contribution is 6.31. The molecule has 0 radical (unpaired) electrons. The monoisotopic (exact) mass is 285 g/mol. The summed E-state index contributed by atoms with van der Waals surface area (Å²) in [6.07, 6.45) is -0.143. The Labute approximate surface area is 119 Å². The molecule has 0 atom stereocenters. The second kappa shape index (κ2) is 8.91. The zero-order valence-electron chi connectivity index (χ0n) is 11.3. The van der Waals surface area contributed by atoms with Gasteiger partial charge >= 0.3 is 0 Å². The highest BCUT2D eigenvalue weighted by atomic mass is 35.5. The topological polar surface area (TPSA) is 47.6 Å². The van der Waals surface area contributed by atoms with E-state index in [0.717, 1.165) is 5.56 Å². The third kappa shape index (κ3) is 6.05. The fourth-order valence-electron chi connectivity index (χ4n) is 1.61. The molecule has 5 heteroatoms. The smallest absolute Gasteiger partial charge is 0.224 e. The molecule has 1 aromatic rings. The third-order valence-corrected chi connectivity index (χ3v) is 2.85. The van der Waals surface area contributed by atoms with Crippen molar-refractivity contribution in [2.75, 3.05) is 19.8 Å². The molecule has 1 N–H and O–H groups in total. The molecule has 106 valence electrons. The summed E-state index contributed by atoms with van der Waals surface area (Å²) in [5.41, 5.74) is 0.811. The minimum absolute atomic E-state index is 0.0995. The van der Waals surface area contributed by atoms with Crippen LogP contribution in [0, 0.1) is 0 Å². The van der Waals surface area contributed by atoms with E-state index in [9.17, 15) is 4.79 Å². The Morgan fingerprint density at radius 1 is 1.26 bits per heavy atom. The van der Waals surface area contributed by atoms with Gasteiger partial charge in [0, 0.05) is 18.2 Å². The summed E-state index contributed by atoms with van der Waals surface area (Å²) in [7, 11) is 0. The van der Waals surface area contributed by atoms with Crippen molar-refractivity contribution >= 4 is 17.5 Å². The van der Waals surface area contributed by atoms with Crippen LogP contribution in [0.2, 0.25) is 5.02 Å². The van der Waals surface area contributed by atoms with Crippen LogP contribution in [-0.2, 0) is 20.7 Å². The third-order valence-electron chi connectivity index (χ3n) is 2.48. The Balaban J connectivity index is 2.40. The summed E-state index contributed by atoms with van der Waals surface area (Å²) in [6, 6.07) is 7.31. The molecule has 4 nitrogen and oxygen atoms in total. The number of hydrogen-bond donors (Lipinski definition) is 1. The minimum Gasteiger partial charge on any atom is -0.351 e. The molecule has 1 aromatic carbocycles. The largest absolute Gasteiger partial charge is 0.351 e. The van der Waals surface area contributed by atoms with Crippen molar-refractivity contribution in [3.05, 3.63) is 34.9 Å². The number of carbonyl (C=O) groups excluding carboxylic acids is 1. The lowest BCUT2D eigenvalue weighted by Crippen LogP contribution is -2.36. The molecule has 0 bridgehead atoms. The second-order valence-electron chi connectivity index (χ2n) is 3.91. The predicted molar refractivity (Wildman–Crippen MR) is 75.2 cm³/mol. The van der Waals surface area contributed by atoms with Gasteiger partial charge in [0.1, 0.15) is 0 Å². The zero-order valence-corrected chi connectivity index (χ0v) is 12.1. The van der Waals surface area contributed by atoms with Gasteiger partial charge in [-0.25, -0.2) is 0 Å². The second-order valence-corrected chi connectivity index (χ2v) is 4.32. The van der Waals surface area contributed by atoms with Gasteiger partial charge in [-0.1, -0.05) is 29.8 Å². The fourth-order valence-corrected chi connectivity index (χ4v) is 1.81. The number of carbonyl (C=O) groups is 1. The number of rotatable bonds is 8. The number of hydrogen-bond acceptors (Lipinski definition) is 3. The van der Waals surface area contributed by atoms with E-state index < -0.39 is 6.29 Å². The van der Waals surface area contributed by atoms with E-state index in [2.05, 4.69) is 5.32 Å². The standard InChI is InChI=1S/C14H20ClNO3/c1-3-18-14(19-4-2)10-16-13(17)9-11-7-5-6-8-12(11)15/h5-8,14H,3-4,9-10H2,1-2H3,(H,16,17). The van der Waals surface area contributed by atoms with E-state index in [0.29, 0.717) is 24.8 Å². The average Bonchev–Trinajstić information content (AvgIpc) is 2.39. The zero-order chi connectivity index (χ0) is 14.1. The first-order valence-corrected chi connectivity index (χ1v) is 6.78. The summed E-state index contributed by atoms with van der Waals surface area (Å²) in [5, 5.41) is 3.38. The number of amides is 1. The lowest BCUT2D eigenvalue weighted by atomic mass is 10.1. The molecule has 0 heterocycles. The first-order chi connectivity index (χ1) is 9.17. The summed E-state index contributed by atoms with van der Waals surface area (Å²) in [6.45, 7) is 5.20. The Kier molecular flexibility index (Phi) is 7.48. The van der Waals surface area contributed by atoms with Crippen molar-refractivity contribution in [1.82, 2.24) is 5.32 Å². The fraction of sp³-hybridized carbons (Fsp3) is 0.500. The van der Waals surface area contributed by atoms with Crippen molar-refractivity contribution in [1.29, 1.82) is 0 Å². The maximum Gasteiger partial charge on any atom is 0.224 e. The van der Waals surface area contributed by atoms with Gasteiger partial charge in [0.15, 0.2) is 6.29 Å². The van der Waals surface area contributed by atoms with Crippen molar-refractivity contribution in [2.45, 2.75) is 26.6 Å². The van der Waals surface area contributed by atoms with Gasteiger partial charge in [-0.3, -0.25) is 4.79 Å². The molecule has 1 amide bonds. The van der Waals surface area contributed by atoms with Crippen LogP contribution in [0.4, 0.5) is 0 Å². The molecule has 0 aliphatic heterocycles. The van der Waals surface area contributed by atoms with Gasteiger partial charge in [0.2, 0.25) is 5.91 Å². The highest BCUT2D eigenvalue weighted by Gasteiger charge is 2.11. The SMILES string of the molecule is CCOC(CNC(=O)Cc1ccccc1Cl)OCC. The highest BCUT2D eigenvalue weighted by Crippen LogP contribution is 2.15. The molecule has 0 saturated heterocycles. The van der Waals surface area contributed by atoms with Crippen LogP contribution in [0.5, 0.6) is 0 Å². The molecule has 0 spiro atoms. The summed E-state index contributed by atoms with van der Waals surface area (Å²) < 4.78 is 10.7. The molecule has 1 rings (SSSR count). The van der Waals surface area contributed by atoms with Crippen LogP contribution in [0.3, 0.4) is 0 Å². The van der Waals surface area contributed by atoms with Crippen molar-refractivity contribution < 1.29 is 14.3 Å². The number of nitrogens with one attached hydrogen (secondary N) is 1. The number of benzene rings is 1. The van der Waals surface area contributed by atoms with Gasteiger partial charge in [-0.2, -0.15) is 0 Å². The minimum atomic E-state index is -0.398. The van der Waals surface area contributed by atoms with Crippen LogP contribution in [0.1, 0.15) is 19.4 Å². The lowest BCUT2D eigenvalue weighted by Gasteiger charge is -2.17. The van der Waals surface area contributed by atoms with Crippen molar-refractivity contribution in [3.8, 4) is 0 Å². The average molecular weight is 286 g/mol. The summed E-state index contributed by atoms with van der Waals surface area (Å²) in [4.78, 5) is 11.8. The Hall–Kier alpha value is -1.10. The number of ether oxygens (including phenoxy) is 2. The maximum absolute atomic E-state index is 11.8. The van der Waals surface area contributed by atoms with Crippen molar-refractivity contribution in [2.24, 2.45) is 0 Å². The van der Waals surface area contributed by atoms with E-state index in [1.165, 1.54) is 0 Å². The van der Waals surface area contributed by atoms with Crippen molar-refractivity contribution in [3.63, 3.8) is 0 Å². The van der Waals surface area contributed by atoms with E-state index in [1.54, 1.807) is 6.07 Å². The quantitative estimate of drug-likeness (QED) is 0.746. The molecular weight excluding hydrogens is 266 g/mol. The van der Waals surface area contributed by atoms with Gasteiger partial charge in [-0.05, 0) is 25.5 Å². The molecule has 0 aliphatic rings. The predicted octanol–water partition coefficient (Wildman–Crippen LogP) is 2.40. The molecule has 0 aromatic heterocycles. The molecule has 0 saturated carbocycles. The van der Waals surface area contributed by atoms with Crippen LogP contribution in [0.25, 0.3) is 0 Å². The molecular formula is C14H20ClNO3. The molecule has 19 heavy (non-hydrogen) atoms. The Morgan fingerprint density at radius 2 is 1.89 bits per heavy atom. The summed E-state index contributed by atoms with van der Waals surface area (Å²) >= 11 is 6.00. The molecule has 0 aliphatic carbocycles. The van der Waals surface area contributed by atoms with Gasteiger partial charge in [0.05, 0.1) is 13.0 Å². The van der Waals surface area contributed by atoms with Crippen LogP contribution in [-0.4, -0.2) is 32.0 Å². The van der Waals surface area contributed by atoms with Crippen LogP contribution >= 0.6 is 11.6 Å². The van der Waals surface area contributed by atoms with Gasteiger partial charge < -0.3 is 14.8 Å². The maximum atomic E-state index is 11.8. The van der Waals surface area contributed by atoms with Crippen LogP contribution in [0.15, 0.2) is 24.3 Å².